The van der Waals surface area contributed by atoms with Gasteiger partial charge in [0, 0.05) is 85.9 Å². The van der Waals surface area contributed by atoms with Crippen LogP contribution in [0.1, 0.15) is 156 Å². The Balaban J connectivity index is 0.000000128. The van der Waals surface area contributed by atoms with Crippen LogP contribution >= 0.6 is 0 Å². The second-order valence-electron chi connectivity index (χ2n) is 36.1. The lowest BCUT2D eigenvalue weighted by Crippen LogP contribution is -2.42. The summed E-state index contributed by atoms with van der Waals surface area (Å²) in [6.07, 6.45) is 27.6. The number of rotatable bonds is 33. The number of nitrogens with one attached hydrogen (secondary N) is 4. The van der Waals surface area contributed by atoms with Crippen LogP contribution < -0.4 is 40.2 Å². The molecular weight excluding hydrogens is 1650 g/mol. The van der Waals surface area contributed by atoms with Crippen LogP contribution in [0.3, 0.4) is 0 Å². The summed E-state index contributed by atoms with van der Waals surface area (Å²) >= 11 is 0. The number of nitriles is 4. The fourth-order valence-electron chi connectivity index (χ4n) is 19.9. The maximum atomic E-state index is 12.8. The number of piperidine rings is 4. The summed E-state index contributed by atoms with van der Waals surface area (Å²) in [6, 6.07) is 56.1. The average molecular weight is 1760 g/mol. The van der Waals surface area contributed by atoms with Gasteiger partial charge < -0.3 is 40.2 Å². The fourth-order valence-corrected chi connectivity index (χ4v) is 19.9. The predicted molar refractivity (Wildman–Crippen MR) is 485 cm³/mol. The number of nitrogens with zero attached hydrogens (tertiary/aromatic N) is 18. The zero-order valence-corrected chi connectivity index (χ0v) is 74.4. The molecule has 4 aliphatic heterocycles. The van der Waals surface area contributed by atoms with E-state index in [0.717, 1.165) is 125 Å². The van der Waals surface area contributed by atoms with Crippen LogP contribution in [0, 0.1) is 92.7 Å². The number of hydrogen-bond donors (Lipinski definition) is 4. The largest absolute Gasteiger partial charge is 0.493 e. The van der Waals surface area contributed by atoms with Gasteiger partial charge in [-0.15, -0.1) is 20.4 Å². The third-order valence-corrected chi connectivity index (χ3v) is 26.7. The molecular formula is C100H108N22O9. The van der Waals surface area contributed by atoms with Crippen molar-refractivity contribution in [2.75, 3.05) is 21.3 Å². The molecule has 9 heterocycles. The van der Waals surface area contributed by atoms with E-state index in [-0.39, 0.29) is 82.9 Å². The molecule has 4 aliphatic carbocycles. The van der Waals surface area contributed by atoms with E-state index in [0.29, 0.717) is 134 Å². The molecule has 19 rings (SSSR count). The van der Waals surface area contributed by atoms with Gasteiger partial charge in [-0.1, -0.05) is 69.4 Å². The highest BCUT2D eigenvalue weighted by Crippen LogP contribution is 2.41. The van der Waals surface area contributed by atoms with Gasteiger partial charge in [0.05, 0.1) is 147 Å². The normalized spacial score (nSPS) is 22.3. The first-order valence-electron chi connectivity index (χ1n) is 45.4. The molecule has 0 amide bonds. The molecule has 11 aromatic rings. The van der Waals surface area contributed by atoms with Gasteiger partial charge in [0.15, 0.2) is 40.4 Å². The van der Waals surface area contributed by atoms with E-state index in [1.165, 1.54) is 39.7 Å². The molecule has 8 fully saturated rings. The highest BCUT2D eigenvalue weighted by atomic mass is 16.5. The number of hydrogen-bond acceptors (Lipinski definition) is 27. The van der Waals surface area contributed by atoms with Crippen molar-refractivity contribution in [3.8, 4) is 104 Å². The smallest absolute Gasteiger partial charge is 0.316 e. The van der Waals surface area contributed by atoms with Gasteiger partial charge in [-0.25, -0.2) is 28.7 Å². The van der Waals surface area contributed by atoms with E-state index in [1.807, 2.05) is 166 Å². The summed E-state index contributed by atoms with van der Waals surface area (Å²) in [5.41, 5.74) is 12.5. The number of ether oxygens (including phenoxy) is 4. The number of fused-ring (bicyclic) bond motifs is 8. The summed E-state index contributed by atoms with van der Waals surface area (Å²) in [5, 5.41) is 85.6. The third kappa shape index (κ3) is 22.3. The topological polar surface area (TPSA) is 414 Å². The molecule has 0 spiro atoms. The minimum atomic E-state index is -0.324. The Bertz CT molecular complexity index is 6000. The summed E-state index contributed by atoms with van der Waals surface area (Å²) in [4.78, 5) is 70.5. The molecule has 5 aromatic heterocycles. The van der Waals surface area contributed by atoms with Crippen molar-refractivity contribution >= 4 is 28.9 Å². The standard InChI is InChI=1S/C28H31N5O2.C27H29N5O3.C24H25N7O2.C21H23N5O2/c1-18(2)35-25-11-6-21(7-12-25)26-17-33(32-31-26)24-9-3-19(4-10-24)13-20(16-29)14-27(34)28-22-5-8-23(15-22)30-28;1-34-25-10-6-19(14-26(25)35-2)23-16-32(31-30-23)22-8-3-17(4-9-22)11-18(15-28)12-24(33)27-20-5-7-21(13-20)29-27;1-33-24-26-12-18(13-27-24)21-14-31(30-29-21)20-6-2-15(3-7-20)8-16(11-25)9-22(32)23-17-4-5-19(10-17)28-23;1-13(27)19-12-26(25-24-19)18-6-2-14(3-7-18)8-15(11-22)9-20(28)21-16-4-5-17(10-16)23-21/h3-4,6-7,9-12,17-18,20,22-23,28,30H,5,8,13-15H2,1-2H3;3-4,6,8-10,14,16,18,20-21,27,29H,5,7,11-13H2,1-2H3;2-3,6-7,12-14,16-17,19,23,28H,4-5,8-10H2,1H3;2-3,6-7,12,15-17,21,23H,4-5,8-10H2,1H3/t20-,22+,23-,28+;18-,20+,21-,27+;16-,17+,19-,23+;15-,16+,17-,21+/m1111/s1. The molecule has 31 heteroatoms. The number of Topliss-reactive ketones (excluding diaryl/α,β-unsaturated/α-hetero) is 5. The van der Waals surface area contributed by atoms with Crippen molar-refractivity contribution in [1.82, 2.24) is 91.2 Å². The lowest BCUT2D eigenvalue weighted by Gasteiger charge is -2.22. The Morgan fingerprint density at radius 3 is 1.00 bits per heavy atom. The highest BCUT2D eigenvalue weighted by molar-refractivity contribution is 5.92. The SMILES string of the molecule is CC(=O)c1cn(-c2ccc(C[C@@H](C#N)CC(=O)[C@H]3N[C@@H]4CC[C@H]3C4)cc2)nn1.CC(C)Oc1ccc(-c2cn(-c3ccc(C[C@@H](C#N)CC(=O)[C@H]4N[C@@H]5CC[C@H]4C5)cc3)nn2)cc1.COc1ccc(-c2cn(-c3ccc(C[C@@H](C#N)CC(=O)[C@H]4N[C@@H]5CC[C@H]4C5)cc3)nn2)cc1OC.COc1ncc(-c2cn(-c3ccc(C[C@@H](C#N)CC(=O)[C@H]4N[C@@H]5CC[C@H]4C5)cc3)nn2)cn1. The molecule has 6 aromatic carbocycles. The zero-order valence-electron chi connectivity index (χ0n) is 74.4. The molecule has 4 saturated heterocycles. The predicted octanol–water partition coefficient (Wildman–Crippen LogP) is 13.0. The molecule has 131 heavy (non-hydrogen) atoms. The lowest BCUT2D eigenvalue weighted by atomic mass is 9.88. The number of ketones is 5. The highest BCUT2D eigenvalue weighted by Gasteiger charge is 2.46. The second-order valence-corrected chi connectivity index (χ2v) is 36.1. The number of methoxy groups -OCH3 is 3. The molecule has 4 N–H and O–H groups in total. The molecule has 0 radical (unpaired) electrons. The summed E-state index contributed by atoms with van der Waals surface area (Å²) in [7, 11) is 4.72. The maximum Gasteiger partial charge on any atom is 0.316 e. The maximum absolute atomic E-state index is 12.8. The summed E-state index contributed by atoms with van der Waals surface area (Å²) < 4.78 is 28.0. The van der Waals surface area contributed by atoms with Crippen LogP contribution in [-0.2, 0) is 44.9 Å². The summed E-state index contributed by atoms with van der Waals surface area (Å²) in [6.45, 7) is 5.45. The van der Waals surface area contributed by atoms with E-state index < -0.39 is 0 Å². The number of benzene rings is 6. The van der Waals surface area contributed by atoms with Gasteiger partial charge in [0.1, 0.15) is 28.5 Å². The summed E-state index contributed by atoms with van der Waals surface area (Å²) in [5.74, 6) is 3.28. The van der Waals surface area contributed by atoms with E-state index >= 15 is 0 Å². The van der Waals surface area contributed by atoms with Crippen LogP contribution in [0.25, 0.3) is 56.5 Å². The molecule has 0 unspecified atom stereocenters. The average Bonchev–Trinajstić information content (AvgIpc) is 1.63. The number of carbonyl (C=O) groups is 5. The van der Waals surface area contributed by atoms with Gasteiger partial charge in [0.25, 0.3) is 0 Å². The fraction of sp³-hybridized carbons (Fsp3) is 0.430. The van der Waals surface area contributed by atoms with Gasteiger partial charge in [0.2, 0.25) is 0 Å². The Morgan fingerprint density at radius 1 is 0.389 bits per heavy atom. The molecule has 8 aliphatic rings. The van der Waals surface area contributed by atoms with Gasteiger partial charge >= 0.3 is 6.01 Å². The molecule has 672 valence electrons. The van der Waals surface area contributed by atoms with Crippen molar-refractivity contribution in [2.45, 2.75) is 204 Å². The molecule has 4 saturated carbocycles. The minimum Gasteiger partial charge on any atom is -0.493 e. The first-order chi connectivity index (χ1) is 63.7. The van der Waals surface area contributed by atoms with Crippen LogP contribution in [0.15, 0.2) is 177 Å². The molecule has 31 nitrogen and oxygen atoms in total. The lowest BCUT2D eigenvalue weighted by molar-refractivity contribution is -0.123. The number of aromatic nitrogens is 14. The Kier molecular flexibility index (Phi) is 28.9. The minimum absolute atomic E-state index is 0.0487. The first-order valence-corrected chi connectivity index (χ1v) is 45.4. The molecule has 8 bridgehead atoms. The van der Waals surface area contributed by atoms with Crippen molar-refractivity contribution in [1.29, 1.82) is 21.0 Å². The van der Waals surface area contributed by atoms with Crippen molar-refractivity contribution in [3.63, 3.8) is 0 Å². The Hall–Kier alpha value is -13.7. The van der Waals surface area contributed by atoms with E-state index in [4.69, 9.17) is 18.9 Å². The van der Waals surface area contributed by atoms with Crippen LogP contribution in [0.2, 0.25) is 0 Å². The third-order valence-electron chi connectivity index (χ3n) is 26.7. The van der Waals surface area contributed by atoms with E-state index in [2.05, 4.69) is 96.8 Å². The van der Waals surface area contributed by atoms with Gasteiger partial charge in [-0.05, 0) is 254 Å². The number of carbonyl (C=O) groups excluding carboxylic acids is 5. The van der Waals surface area contributed by atoms with Crippen LogP contribution in [-0.4, -0.2) is 175 Å². The van der Waals surface area contributed by atoms with E-state index in [1.54, 1.807) is 57.7 Å². The Morgan fingerprint density at radius 2 is 0.710 bits per heavy atom. The van der Waals surface area contributed by atoms with Gasteiger partial charge in [-0.3, -0.25) is 24.0 Å². The first kappa shape index (κ1) is 90.7. The quantitative estimate of drug-likeness (QED) is 0.0278. The zero-order chi connectivity index (χ0) is 91.2. The van der Waals surface area contributed by atoms with Crippen molar-refractivity contribution < 1.29 is 42.9 Å². The van der Waals surface area contributed by atoms with Crippen LogP contribution in [0.5, 0.6) is 23.3 Å². The monoisotopic (exact) mass is 1760 g/mol. The van der Waals surface area contributed by atoms with Crippen molar-refractivity contribution in [2.24, 2.45) is 47.3 Å². The molecule has 16 atom stereocenters. The second kappa shape index (κ2) is 41.8. The Labute approximate surface area is 761 Å². The van der Waals surface area contributed by atoms with Crippen LogP contribution in [0.4, 0.5) is 0 Å². The van der Waals surface area contributed by atoms with E-state index in [9.17, 15) is 45.0 Å². The van der Waals surface area contributed by atoms with Crippen molar-refractivity contribution in [3.05, 3.63) is 205 Å². The van der Waals surface area contributed by atoms with Gasteiger partial charge in [-0.2, -0.15) is 21.0 Å².